The Morgan fingerprint density at radius 2 is 1.91 bits per heavy atom. The number of likely N-dealkylation sites (N-methyl/N-ethyl adjacent to an activating group) is 1. The fraction of sp³-hybridized carbons (Fsp3) is 0.821. The Morgan fingerprint density at radius 1 is 1.14 bits per heavy atom. The molecule has 1 amide bonds. The second-order valence-electron chi connectivity index (χ2n) is 13.7. The smallest absolute Gasteiger partial charge is 0.331 e. The van der Waals surface area contributed by atoms with Crippen molar-refractivity contribution in [1.29, 1.82) is 0 Å². The zero-order chi connectivity index (χ0) is 25.2. The molecule has 5 aliphatic rings. The summed E-state index contributed by atoms with van der Waals surface area (Å²) in [6.45, 7) is 5.56. The summed E-state index contributed by atoms with van der Waals surface area (Å²) in [6.07, 6.45) is 10.7. The van der Waals surface area contributed by atoms with Gasteiger partial charge in [0.1, 0.15) is 6.61 Å². The molecule has 4 aliphatic carbocycles. The number of nitrogens with one attached hydrogen (secondary N) is 1. The molecule has 0 radical (unpaired) electrons. The Morgan fingerprint density at radius 3 is 2.60 bits per heavy atom. The summed E-state index contributed by atoms with van der Waals surface area (Å²) >= 11 is 0. The number of fused-ring (bicyclic) bond motifs is 5. The molecule has 0 aromatic heterocycles. The summed E-state index contributed by atoms with van der Waals surface area (Å²) in [7, 11) is 6.01. The van der Waals surface area contributed by atoms with E-state index in [1.54, 1.807) is 6.08 Å². The first-order valence-electron chi connectivity index (χ1n) is 13.6. The largest absolute Gasteiger partial charge is 0.458 e. The highest BCUT2D eigenvalue weighted by Crippen LogP contribution is 2.69. The van der Waals surface area contributed by atoms with Crippen molar-refractivity contribution in [3.63, 3.8) is 0 Å². The van der Waals surface area contributed by atoms with Gasteiger partial charge in [-0.25, -0.2) is 10.2 Å². The Bertz CT molecular complexity index is 968. The number of hydrazone groups is 1. The normalized spacial score (nSPS) is 44.2. The first-order chi connectivity index (χ1) is 16.4. The molecular weight excluding hydrogens is 442 g/mol. The average molecular weight is 487 g/mol. The van der Waals surface area contributed by atoms with E-state index in [2.05, 4.69) is 24.4 Å². The van der Waals surface area contributed by atoms with Gasteiger partial charge in [0, 0.05) is 17.2 Å². The summed E-state index contributed by atoms with van der Waals surface area (Å²) in [5, 5.41) is 16.9. The van der Waals surface area contributed by atoms with Gasteiger partial charge in [0.2, 0.25) is 0 Å². The first kappa shape index (κ1) is 24.9. The third-order valence-corrected chi connectivity index (χ3v) is 10.8. The number of hydrogen-bond acceptors (Lipinski definition) is 5. The lowest BCUT2D eigenvalue weighted by Gasteiger charge is -2.63. The Balaban J connectivity index is 1.30. The van der Waals surface area contributed by atoms with Gasteiger partial charge in [-0.15, -0.1) is 0 Å². The van der Waals surface area contributed by atoms with Crippen LogP contribution in [-0.4, -0.2) is 67.1 Å². The molecule has 35 heavy (non-hydrogen) atoms. The molecule has 2 N–H and O–H groups in total. The van der Waals surface area contributed by atoms with Crippen LogP contribution in [0.1, 0.15) is 71.6 Å². The molecule has 0 spiro atoms. The van der Waals surface area contributed by atoms with Crippen LogP contribution in [0.3, 0.4) is 0 Å². The van der Waals surface area contributed by atoms with E-state index in [1.807, 2.05) is 21.1 Å². The summed E-state index contributed by atoms with van der Waals surface area (Å²) in [5.41, 5.74) is 4.37. The van der Waals surface area contributed by atoms with Crippen molar-refractivity contribution < 1.29 is 23.9 Å². The van der Waals surface area contributed by atoms with Gasteiger partial charge in [0.15, 0.2) is 6.54 Å². The number of nitrogens with zero attached hydrogens (tertiary/aromatic N) is 2. The van der Waals surface area contributed by atoms with E-state index in [1.165, 1.54) is 0 Å². The molecule has 0 aromatic rings. The number of carbonyl (C=O) groups is 2. The van der Waals surface area contributed by atoms with Gasteiger partial charge in [0.05, 0.1) is 26.7 Å². The van der Waals surface area contributed by atoms with Crippen molar-refractivity contribution in [2.75, 3.05) is 34.3 Å². The van der Waals surface area contributed by atoms with Crippen LogP contribution in [0.4, 0.5) is 0 Å². The predicted octanol–water partition coefficient (Wildman–Crippen LogP) is 3.42. The van der Waals surface area contributed by atoms with E-state index in [0.717, 1.165) is 69.1 Å². The highest BCUT2D eigenvalue weighted by molar-refractivity contribution is 5.87. The first-order valence-corrected chi connectivity index (χ1v) is 13.6. The predicted molar refractivity (Wildman–Crippen MR) is 134 cm³/mol. The molecule has 7 heteroatoms. The lowest BCUT2D eigenvalue weighted by molar-refractivity contribution is -0.862. The molecule has 1 heterocycles. The quantitative estimate of drug-likeness (QED) is 0.362. The van der Waals surface area contributed by atoms with Crippen LogP contribution in [0.25, 0.3) is 0 Å². The zero-order valence-electron chi connectivity index (χ0n) is 22.2. The van der Waals surface area contributed by atoms with Crippen molar-refractivity contribution in [2.45, 2.75) is 77.2 Å². The number of hydrogen-bond donors (Lipinski definition) is 2. The third-order valence-electron chi connectivity index (χ3n) is 10.8. The zero-order valence-corrected chi connectivity index (χ0v) is 22.2. The molecule has 7 nitrogen and oxygen atoms in total. The highest BCUT2D eigenvalue weighted by atomic mass is 16.5. The molecular formula is C28H44N3O4+. The number of quaternary nitrogens is 1. The van der Waals surface area contributed by atoms with Crippen molar-refractivity contribution in [3.8, 4) is 0 Å². The number of esters is 1. The summed E-state index contributed by atoms with van der Waals surface area (Å²) in [6, 6.07) is 0. The Kier molecular flexibility index (Phi) is 5.99. The number of rotatable bonds is 4. The van der Waals surface area contributed by atoms with E-state index in [0.29, 0.717) is 35.4 Å². The van der Waals surface area contributed by atoms with Crippen molar-refractivity contribution in [3.05, 3.63) is 11.6 Å². The molecule has 0 bridgehead atoms. The van der Waals surface area contributed by atoms with Crippen LogP contribution in [0.5, 0.6) is 0 Å². The van der Waals surface area contributed by atoms with Gasteiger partial charge >= 0.3 is 5.97 Å². The summed E-state index contributed by atoms with van der Waals surface area (Å²) in [5.74, 6) is 1.37. The average Bonchev–Trinajstić information content (AvgIpc) is 3.31. The summed E-state index contributed by atoms with van der Waals surface area (Å²) in [4.78, 5) is 24.0. The van der Waals surface area contributed by atoms with Gasteiger partial charge in [-0.2, -0.15) is 5.10 Å². The third kappa shape index (κ3) is 4.07. The van der Waals surface area contributed by atoms with Crippen LogP contribution in [0.15, 0.2) is 16.8 Å². The molecule has 7 atom stereocenters. The molecule has 4 fully saturated rings. The van der Waals surface area contributed by atoms with Crippen molar-refractivity contribution in [1.82, 2.24) is 5.43 Å². The maximum absolute atomic E-state index is 12.3. The van der Waals surface area contributed by atoms with E-state index in [4.69, 9.17) is 4.74 Å². The molecule has 0 unspecified atom stereocenters. The fourth-order valence-corrected chi connectivity index (χ4v) is 8.92. The Hall–Kier alpha value is -1.73. The monoisotopic (exact) mass is 486 g/mol. The second-order valence-corrected chi connectivity index (χ2v) is 13.7. The minimum absolute atomic E-state index is 0.0314. The van der Waals surface area contributed by atoms with E-state index in [-0.39, 0.29) is 28.6 Å². The van der Waals surface area contributed by atoms with E-state index >= 15 is 0 Å². The number of ether oxygens (including phenoxy) is 1. The number of carbonyl (C=O) groups excluding carboxylic acids is 2. The topological polar surface area (TPSA) is 88.0 Å². The fourth-order valence-electron chi connectivity index (χ4n) is 8.92. The number of aliphatic hydroxyl groups is 1. The minimum Gasteiger partial charge on any atom is -0.458 e. The molecule has 5 rings (SSSR count). The van der Waals surface area contributed by atoms with Crippen LogP contribution in [0.2, 0.25) is 0 Å². The van der Waals surface area contributed by atoms with E-state index < -0.39 is 5.60 Å². The lowest BCUT2D eigenvalue weighted by atomic mass is 9.43. The van der Waals surface area contributed by atoms with Gasteiger partial charge in [0.25, 0.3) is 5.91 Å². The lowest BCUT2D eigenvalue weighted by Crippen LogP contribution is -2.62. The van der Waals surface area contributed by atoms with E-state index in [9.17, 15) is 14.7 Å². The molecule has 194 valence electrons. The SMILES string of the molecule is C[C@]12CC/C(=N/NC(=O)C[N+](C)(C)C)C[C@H]1CC[C@@H]1[C@@H]2CC[C@]2(C)[C@@H](C3=CC(=O)OC3)CC[C@]12O. The Labute approximate surface area is 209 Å². The minimum atomic E-state index is -0.672. The maximum atomic E-state index is 12.3. The van der Waals surface area contributed by atoms with Gasteiger partial charge in [-0.05, 0) is 92.4 Å². The van der Waals surface area contributed by atoms with Crippen molar-refractivity contribution in [2.24, 2.45) is 39.6 Å². The van der Waals surface area contributed by atoms with Gasteiger partial charge in [-0.3, -0.25) is 4.79 Å². The van der Waals surface area contributed by atoms with Gasteiger partial charge in [-0.1, -0.05) is 13.8 Å². The molecule has 0 saturated heterocycles. The van der Waals surface area contributed by atoms with Gasteiger partial charge < -0.3 is 14.3 Å². The second kappa shape index (κ2) is 8.41. The maximum Gasteiger partial charge on any atom is 0.331 e. The summed E-state index contributed by atoms with van der Waals surface area (Å²) < 4.78 is 5.83. The van der Waals surface area contributed by atoms with Crippen LogP contribution >= 0.6 is 0 Å². The van der Waals surface area contributed by atoms with Crippen LogP contribution < -0.4 is 5.43 Å². The molecule has 4 saturated carbocycles. The molecule has 0 aromatic carbocycles. The standard InChI is InChI=1S/C28H43N3O4/c1-26-11-8-20(29-30-24(32)16-31(3,4)5)15-19(26)6-7-23-22(26)9-12-27(2)21(10-13-28(23,27)34)18-14-25(33)35-17-18/h14,19,21-23,34H,6-13,15-17H2,1-5H3/p+1/b29-20-/t19-,21-,22+,23-,26+,27-,28+/m1/s1. The number of amides is 1. The van der Waals surface area contributed by atoms with Crippen LogP contribution in [-0.2, 0) is 14.3 Å². The highest BCUT2D eigenvalue weighted by Gasteiger charge is 2.67. The molecule has 1 aliphatic heterocycles. The van der Waals surface area contributed by atoms with Crippen molar-refractivity contribution >= 4 is 17.6 Å². The van der Waals surface area contributed by atoms with Crippen LogP contribution in [0, 0.1) is 34.5 Å². The number of cyclic esters (lactones) is 1.